The second kappa shape index (κ2) is 5.25. The molecule has 18 heavy (non-hydrogen) atoms. The van der Waals surface area contributed by atoms with Gasteiger partial charge in [0.1, 0.15) is 0 Å². The molecule has 2 aromatic rings. The molecule has 0 radical (unpaired) electrons. The highest BCUT2D eigenvalue weighted by Gasteiger charge is 2.19. The Kier molecular flexibility index (Phi) is 3.48. The molecule has 1 heterocycles. The summed E-state index contributed by atoms with van der Waals surface area (Å²) in [6, 6.07) is 11.4. The molecule has 94 valence electrons. The lowest BCUT2D eigenvalue weighted by Gasteiger charge is -2.26. The molecule has 0 amide bonds. The van der Waals surface area contributed by atoms with Gasteiger partial charge in [0, 0.05) is 11.4 Å². The molecule has 3 rings (SSSR count). The molecule has 0 bridgehead atoms. The Morgan fingerprint density at radius 3 is 2.89 bits per heavy atom. The van der Waals surface area contributed by atoms with Crippen molar-refractivity contribution in [2.75, 3.05) is 7.05 Å². The van der Waals surface area contributed by atoms with Gasteiger partial charge in [0.05, 0.1) is 0 Å². The van der Waals surface area contributed by atoms with E-state index in [9.17, 15) is 0 Å². The molecule has 1 aliphatic rings. The quantitative estimate of drug-likeness (QED) is 0.856. The van der Waals surface area contributed by atoms with Crippen molar-refractivity contribution in [3.8, 4) is 10.4 Å². The summed E-state index contributed by atoms with van der Waals surface area (Å²) in [7, 11) is 1.99. The predicted molar refractivity (Wildman–Crippen MR) is 79.1 cm³/mol. The SMILES string of the molecule is CNCc1csc(-c2cccc(C3CCC3)c2)c1. The van der Waals surface area contributed by atoms with Crippen LogP contribution in [0.15, 0.2) is 35.7 Å². The van der Waals surface area contributed by atoms with Gasteiger partial charge in [0.25, 0.3) is 0 Å². The smallest absolute Gasteiger partial charge is 0.0346 e. The minimum absolute atomic E-state index is 0.821. The summed E-state index contributed by atoms with van der Waals surface area (Å²) in [5.74, 6) is 0.821. The van der Waals surface area contributed by atoms with E-state index in [2.05, 4.69) is 41.0 Å². The molecular weight excluding hydrogens is 238 g/mol. The summed E-state index contributed by atoms with van der Waals surface area (Å²) in [4.78, 5) is 1.39. The van der Waals surface area contributed by atoms with E-state index in [-0.39, 0.29) is 0 Å². The number of rotatable bonds is 4. The van der Waals surface area contributed by atoms with Crippen LogP contribution in [0.1, 0.15) is 36.3 Å². The number of benzene rings is 1. The maximum absolute atomic E-state index is 3.20. The van der Waals surface area contributed by atoms with Crippen molar-refractivity contribution < 1.29 is 0 Å². The van der Waals surface area contributed by atoms with E-state index >= 15 is 0 Å². The third-order valence-corrected chi connectivity index (χ3v) is 4.81. The number of hydrogen-bond acceptors (Lipinski definition) is 2. The molecule has 2 heteroatoms. The third-order valence-electron chi connectivity index (χ3n) is 3.78. The average Bonchev–Trinajstić information content (AvgIpc) is 2.76. The molecule has 0 unspecified atom stereocenters. The van der Waals surface area contributed by atoms with Crippen molar-refractivity contribution in [2.45, 2.75) is 31.7 Å². The van der Waals surface area contributed by atoms with E-state index in [0.717, 1.165) is 12.5 Å². The van der Waals surface area contributed by atoms with Crippen molar-refractivity contribution in [1.82, 2.24) is 5.32 Å². The molecular formula is C16H19NS. The molecule has 0 spiro atoms. The summed E-state index contributed by atoms with van der Waals surface area (Å²) in [5, 5.41) is 5.46. The van der Waals surface area contributed by atoms with Gasteiger partial charge in [-0.25, -0.2) is 0 Å². The fourth-order valence-corrected chi connectivity index (χ4v) is 3.42. The van der Waals surface area contributed by atoms with Gasteiger partial charge in [-0.15, -0.1) is 11.3 Å². The van der Waals surface area contributed by atoms with Crippen LogP contribution >= 0.6 is 11.3 Å². The molecule has 0 aliphatic heterocycles. The van der Waals surface area contributed by atoms with Gasteiger partial charge in [-0.3, -0.25) is 0 Å². The lowest BCUT2D eigenvalue weighted by molar-refractivity contribution is 0.420. The van der Waals surface area contributed by atoms with Gasteiger partial charge in [0.2, 0.25) is 0 Å². The van der Waals surface area contributed by atoms with E-state index in [4.69, 9.17) is 0 Å². The minimum Gasteiger partial charge on any atom is -0.316 e. The Bertz CT molecular complexity index is 525. The monoisotopic (exact) mass is 257 g/mol. The van der Waals surface area contributed by atoms with Crippen molar-refractivity contribution in [3.05, 3.63) is 46.8 Å². The Morgan fingerprint density at radius 1 is 1.28 bits per heavy atom. The number of thiophene rings is 1. The van der Waals surface area contributed by atoms with Crippen LogP contribution in [-0.4, -0.2) is 7.05 Å². The highest BCUT2D eigenvalue weighted by molar-refractivity contribution is 7.13. The molecule has 1 N–H and O–H groups in total. The van der Waals surface area contributed by atoms with E-state index < -0.39 is 0 Å². The van der Waals surface area contributed by atoms with E-state index in [0.29, 0.717) is 0 Å². The van der Waals surface area contributed by atoms with Gasteiger partial charge >= 0.3 is 0 Å². The first-order valence-corrected chi connectivity index (χ1v) is 7.57. The second-order valence-corrected chi connectivity index (χ2v) is 6.01. The fraction of sp³-hybridized carbons (Fsp3) is 0.375. The first kappa shape index (κ1) is 11.9. The van der Waals surface area contributed by atoms with Crippen molar-refractivity contribution in [3.63, 3.8) is 0 Å². The Labute approximate surface area is 113 Å². The second-order valence-electron chi connectivity index (χ2n) is 5.10. The molecule has 1 aliphatic carbocycles. The predicted octanol–water partition coefficient (Wildman–Crippen LogP) is 4.40. The van der Waals surface area contributed by atoms with Gasteiger partial charge in [-0.1, -0.05) is 30.7 Å². The zero-order valence-electron chi connectivity index (χ0n) is 10.8. The van der Waals surface area contributed by atoms with Gasteiger partial charge < -0.3 is 5.32 Å². The van der Waals surface area contributed by atoms with Crippen LogP contribution in [0, 0.1) is 0 Å². The van der Waals surface area contributed by atoms with Crippen LogP contribution in [0.25, 0.3) is 10.4 Å². The highest BCUT2D eigenvalue weighted by Crippen LogP contribution is 2.38. The molecule has 1 nitrogen and oxygen atoms in total. The topological polar surface area (TPSA) is 12.0 Å². The van der Waals surface area contributed by atoms with Crippen LogP contribution in [0.5, 0.6) is 0 Å². The molecule has 1 saturated carbocycles. The van der Waals surface area contributed by atoms with Gasteiger partial charge in [-0.05, 0) is 53.9 Å². The Hall–Kier alpha value is -1.12. The van der Waals surface area contributed by atoms with Crippen LogP contribution < -0.4 is 5.32 Å². The largest absolute Gasteiger partial charge is 0.316 e. The van der Waals surface area contributed by atoms with Gasteiger partial charge in [0.15, 0.2) is 0 Å². The fourth-order valence-electron chi connectivity index (χ4n) is 2.51. The van der Waals surface area contributed by atoms with Crippen LogP contribution in [0.2, 0.25) is 0 Å². The maximum atomic E-state index is 3.20. The molecule has 0 saturated heterocycles. The Morgan fingerprint density at radius 2 is 2.17 bits per heavy atom. The summed E-state index contributed by atoms with van der Waals surface area (Å²) < 4.78 is 0. The molecule has 1 aromatic carbocycles. The molecule has 1 fully saturated rings. The summed E-state index contributed by atoms with van der Waals surface area (Å²) in [5.41, 5.74) is 4.29. The van der Waals surface area contributed by atoms with E-state index in [1.165, 1.54) is 40.8 Å². The Balaban J connectivity index is 1.85. The highest BCUT2D eigenvalue weighted by atomic mass is 32.1. The summed E-state index contributed by atoms with van der Waals surface area (Å²) >= 11 is 1.85. The van der Waals surface area contributed by atoms with Crippen LogP contribution in [0.3, 0.4) is 0 Å². The first-order valence-electron chi connectivity index (χ1n) is 6.69. The zero-order valence-corrected chi connectivity index (χ0v) is 11.6. The average molecular weight is 257 g/mol. The lowest BCUT2D eigenvalue weighted by atomic mass is 9.79. The van der Waals surface area contributed by atoms with Crippen LogP contribution in [-0.2, 0) is 6.54 Å². The number of hydrogen-bond donors (Lipinski definition) is 1. The maximum Gasteiger partial charge on any atom is 0.0346 e. The number of nitrogens with one attached hydrogen (secondary N) is 1. The van der Waals surface area contributed by atoms with Crippen molar-refractivity contribution in [1.29, 1.82) is 0 Å². The molecule has 0 atom stereocenters. The van der Waals surface area contributed by atoms with Crippen LogP contribution in [0.4, 0.5) is 0 Å². The van der Waals surface area contributed by atoms with Crippen molar-refractivity contribution >= 4 is 11.3 Å². The standard InChI is InChI=1S/C16H19NS/c1-17-10-12-8-16(18-11-12)15-7-3-6-14(9-15)13-4-2-5-13/h3,6-9,11,13,17H,2,4-5,10H2,1H3. The lowest BCUT2D eigenvalue weighted by Crippen LogP contribution is -2.08. The third kappa shape index (κ3) is 2.36. The first-order chi connectivity index (χ1) is 8.86. The van der Waals surface area contributed by atoms with E-state index in [1.807, 2.05) is 18.4 Å². The van der Waals surface area contributed by atoms with Gasteiger partial charge in [-0.2, -0.15) is 0 Å². The summed E-state index contributed by atoms with van der Waals surface area (Å²) in [6.07, 6.45) is 4.15. The molecule has 1 aromatic heterocycles. The van der Waals surface area contributed by atoms with E-state index in [1.54, 1.807) is 0 Å². The van der Waals surface area contributed by atoms with Crippen molar-refractivity contribution in [2.24, 2.45) is 0 Å². The summed E-state index contributed by atoms with van der Waals surface area (Å²) in [6.45, 7) is 0.957. The normalized spacial score (nSPS) is 15.6. The minimum atomic E-state index is 0.821. The zero-order chi connectivity index (χ0) is 12.4.